The van der Waals surface area contributed by atoms with Gasteiger partial charge in [0.05, 0.1) is 18.8 Å². The van der Waals surface area contributed by atoms with Crippen molar-refractivity contribution in [2.24, 2.45) is 11.8 Å². The minimum absolute atomic E-state index is 0.0957. The van der Waals surface area contributed by atoms with E-state index in [0.717, 1.165) is 31.9 Å². The lowest BCUT2D eigenvalue weighted by Gasteiger charge is -2.29. The van der Waals surface area contributed by atoms with E-state index in [-0.39, 0.29) is 11.6 Å². The summed E-state index contributed by atoms with van der Waals surface area (Å²) in [6.45, 7) is 7.84. The van der Waals surface area contributed by atoms with E-state index in [2.05, 4.69) is 35.8 Å². The molecule has 6 heteroatoms. The number of H-pyrrole nitrogens is 1. The Morgan fingerprint density at radius 3 is 3.05 bits per heavy atom. The molecular weight excluding hydrogens is 268 g/mol. The number of aromatic nitrogens is 4. The number of hydrogen-bond donors (Lipinski definition) is 1. The number of ether oxygens (including phenoxy) is 1. The molecule has 114 valence electrons. The van der Waals surface area contributed by atoms with Crippen molar-refractivity contribution < 1.29 is 4.74 Å². The predicted molar refractivity (Wildman–Crippen MR) is 80.3 cm³/mol. The van der Waals surface area contributed by atoms with E-state index >= 15 is 0 Å². The molecule has 3 rings (SSSR count). The first kappa shape index (κ1) is 14.3. The van der Waals surface area contributed by atoms with Gasteiger partial charge in [0, 0.05) is 18.9 Å². The highest BCUT2D eigenvalue weighted by Crippen LogP contribution is 2.28. The Morgan fingerprint density at radius 1 is 1.52 bits per heavy atom. The number of nitrogens with one attached hydrogen (secondary N) is 1. The number of fused-ring (bicyclic) bond motifs is 1. The molecule has 1 aliphatic rings. The van der Waals surface area contributed by atoms with Crippen molar-refractivity contribution >= 4 is 11.0 Å². The van der Waals surface area contributed by atoms with Crippen LogP contribution < -0.4 is 5.56 Å². The van der Waals surface area contributed by atoms with Gasteiger partial charge in [-0.25, -0.2) is 9.67 Å². The fourth-order valence-corrected chi connectivity index (χ4v) is 2.94. The van der Waals surface area contributed by atoms with Crippen LogP contribution in [-0.2, 0) is 11.2 Å². The highest BCUT2D eigenvalue weighted by Gasteiger charge is 2.26. The Kier molecular flexibility index (Phi) is 3.80. The second-order valence-corrected chi connectivity index (χ2v) is 6.35. The molecule has 21 heavy (non-hydrogen) atoms. The average Bonchev–Trinajstić information content (AvgIpc) is 2.83. The maximum absolute atomic E-state index is 12.2. The molecule has 0 bridgehead atoms. The molecule has 0 saturated carbocycles. The van der Waals surface area contributed by atoms with E-state index < -0.39 is 0 Å². The second-order valence-electron chi connectivity index (χ2n) is 6.35. The summed E-state index contributed by atoms with van der Waals surface area (Å²) in [6, 6.07) is 0.248. The first-order valence-corrected chi connectivity index (χ1v) is 7.60. The van der Waals surface area contributed by atoms with Crippen LogP contribution in [0.1, 0.15) is 39.1 Å². The van der Waals surface area contributed by atoms with Gasteiger partial charge in [0.2, 0.25) is 0 Å². The Balaban J connectivity index is 2.07. The first-order valence-electron chi connectivity index (χ1n) is 7.60. The first-order chi connectivity index (χ1) is 10.1. The zero-order valence-corrected chi connectivity index (χ0v) is 12.8. The summed E-state index contributed by atoms with van der Waals surface area (Å²) in [4.78, 5) is 19.7. The summed E-state index contributed by atoms with van der Waals surface area (Å²) in [6.07, 6.45) is 3.30. The fourth-order valence-electron chi connectivity index (χ4n) is 2.94. The lowest BCUT2D eigenvalue weighted by atomic mass is 9.98. The van der Waals surface area contributed by atoms with Gasteiger partial charge in [-0.2, -0.15) is 5.10 Å². The van der Waals surface area contributed by atoms with E-state index in [0.29, 0.717) is 22.9 Å². The van der Waals surface area contributed by atoms with Gasteiger partial charge in [0.1, 0.15) is 11.2 Å². The molecule has 0 unspecified atom stereocenters. The van der Waals surface area contributed by atoms with Crippen LogP contribution in [0.5, 0.6) is 0 Å². The maximum Gasteiger partial charge on any atom is 0.262 e. The summed E-state index contributed by atoms with van der Waals surface area (Å²) in [5.41, 5.74) is 0.606. The lowest BCUT2D eigenvalue weighted by molar-refractivity contribution is 0.0262. The number of aromatic amines is 1. The van der Waals surface area contributed by atoms with Crippen LogP contribution in [0.25, 0.3) is 11.0 Å². The van der Waals surface area contributed by atoms with Gasteiger partial charge in [-0.1, -0.05) is 20.8 Å². The smallest absolute Gasteiger partial charge is 0.262 e. The summed E-state index contributed by atoms with van der Waals surface area (Å²) in [7, 11) is 0. The highest BCUT2D eigenvalue weighted by atomic mass is 16.5. The van der Waals surface area contributed by atoms with Crippen LogP contribution in [0, 0.1) is 11.8 Å². The van der Waals surface area contributed by atoms with Gasteiger partial charge in [0.25, 0.3) is 5.56 Å². The molecule has 1 fully saturated rings. The predicted octanol–water partition coefficient (Wildman–Crippen LogP) is 1.92. The molecule has 3 heterocycles. The molecule has 0 aliphatic carbocycles. The standard InChI is InChI=1S/C15H22N4O2/c1-9(2)6-13-17-14-11(15(20)18-13)7-16-19(14)12-4-5-21-8-10(12)3/h7,9-10,12H,4-6,8H2,1-3H3,(H,17,18,20)/t10-,12-/m1/s1. The topological polar surface area (TPSA) is 72.8 Å². The van der Waals surface area contributed by atoms with E-state index in [9.17, 15) is 4.79 Å². The van der Waals surface area contributed by atoms with Crippen LogP contribution in [-0.4, -0.2) is 33.0 Å². The Hall–Kier alpha value is -1.69. The quantitative estimate of drug-likeness (QED) is 0.937. The molecule has 1 N–H and O–H groups in total. The third kappa shape index (κ3) is 2.72. The summed E-state index contributed by atoms with van der Waals surface area (Å²) in [5, 5.41) is 5.00. The van der Waals surface area contributed by atoms with Crippen LogP contribution in [0.15, 0.2) is 11.0 Å². The Labute approximate surface area is 123 Å². The van der Waals surface area contributed by atoms with Crippen molar-refractivity contribution in [3.8, 4) is 0 Å². The Morgan fingerprint density at radius 2 is 2.33 bits per heavy atom. The number of nitrogens with zero attached hydrogens (tertiary/aromatic N) is 3. The van der Waals surface area contributed by atoms with Crippen LogP contribution in [0.2, 0.25) is 0 Å². The van der Waals surface area contributed by atoms with Crippen LogP contribution in [0.3, 0.4) is 0 Å². The van der Waals surface area contributed by atoms with Crippen LogP contribution >= 0.6 is 0 Å². The largest absolute Gasteiger partial charge is 0.381 e. The maximum atomic E-state index is 12.2. The fraction of sp³-hybridized carbons (Fsp3) is 0.667. The van der Waals surface area contributed by atoms with Gasteiger partial charge in [0.15, 0.2) is 5.65 Å². The Bertz CT molecular complexity index is 689. The van der Waals surface area contributed by atoms with Gasteiger partial charge in [-0.15, -0.1) is 0 Å². The average molecular weight is 290 g/mol. The minimum atomic E-state index is -0.0957. The van der Waals surface area contributed by atoms with E-state index in [1.54, 1.807) is 6.20 Å². The molecule has 0 aromatic carbocycles. The molecular formula is C15H22N4O2. The molecule has 1 saturated heterocycles. The van der Waals surface area contributed by atoms with Crippen molar-refractivity contribution in [3.05, 3.63) is 22.4 Å². The van der Waals surface area contributed by atoms with Gasteiger partial charge in [-0.05, 0) is 12.3 Å². The van der Waals surface area contributed by atoms with Crippen molar-refractivity contribution in [1.82, 2.24) is 19.7 Å². The molecule has 2 atom stereocenters. The minimum Gasteiger partial charge on any atom is -0.381 e. The van der Waals surface area contributed by atoms with Crippen molar-refractivity contribution in [2.45, 2.75) is 39.7 Å². The lowest BCUT2D eigenvalue weighted by Crippen LogP contribution is -2.29. The highest BCUT2D eigenvalue weighted by molar-refractivity contribution is 5.73. The third-order valence-corrected chi connectivity index (χ3v) is 4.02. The van der Waals surface area contributed by atoms with Crippen molar-refractivity contribution in [1.29, 1.82) is 0 Å². The SMILES string of the molecule is CC(C)Cc1nc2c(cnn2[C@@H]2CCOC[C@H]2C)c(=O)[nH]1. The van der Waals surface area contributed by atoms with Gasteiger partial charge in [-0.3, -0.25) is 4.79 Å². The molecule has 6 nitrogen and oxygen atoms in total. The van der Waals surface area contributed by atoms with Gasteiger partial charge >= 0.3 is 0 Å². The molecule has 2 aromatic heterocycles. The zero-order valence-electron chi connectivity index (χ0n) is 12.8. The zero-order chi connectivity index (χ0) is 15.0. The van der Waals surface area contributed by atoms with E-state index in [1.807, 2.05) is 4.68 Å². The van der Waals surface area contributed by atoms with Crippen molar-refractivity contribution in [3.63, 3.8) is 0 Å². The molecule has 2 aromatic rings. The summed E-state index contributed by atoms with van der Waals surface area (Å²) >= 11 is 0. The summed E-state index contributed by atoms with van der Waals surface area (Å²) < 4.78 is 7.41. The molecule has 0 amide bonds. The monoisotopic (exact) mass is 290 g/mol. The van der Waals surface area contributed by atoms with Crippen LogP contribution in [0.4, 0.5) is 0 Å². The molecule has 0 spiro atoms. The molecule has 1 aliphatic heterocycles. The number of hydrogen-bond acceptors (Lipinski definition) is 4. The van der Waals surface area contributed by atoms with E-state index in [1.165, 1.54) is 0 Å². The normalized spacial score (nSPS) is 23.0. The second kappa shape index (κ2) is 5.60. The van der Waals surface area contributed by atoms with Crippen molar-refractivity contribution in [2.75, 3.05) is 13.2 Å². The van der Waals surface area contributed by atoms with Gasteiger partial charge < -0.3 is 9.72 Å². The molecule has 0 radical (unpaired) electrons. The summed E-state index contributed by atoms with van der Waals surface area (Å²) in [5.74, 6) is 1.56. The number of rotatable bonds is 3. The van der Waals surface area contributed by atoms with E-state index in [4.69, 9.17) is 4.74 Å². The third-order valence-electron chi connectivity index (χ3n) is 4.02.